The van der Waals surface area contributed by atoms with Gasteiger partial charge in [-0.1, -0.05) is 0 Å². The van der Waals surface area contributed by atoms with Crippen molar-refractivity contribution >= 4 is 28.3 Å². The number of nitrogens with zero attached hydrogens (tertiary/aromatic N) is 2. The Labute approximate surface area is 79.6 Å². The third kappa shape index (κ3) is 2.07. The molecular formula is C6H11N5OS. The lowest BCUT2D eigenvalue weighted by molar-refractivity contribution is 0.100. The molecule has 1 aromatic heterocycles. The number of rotatable bonds is 3. The van der Waals surface area contributed by atoms with E-state index in [4.69, 9.17) is 11.5 Å². The number of aromatic nitrogens is 1. The Balaban J connectivity index is 3.00. The molecule has 1 heterocycles. The number of hydrogen-bond acceptors (Lipinski definition) is 6. The summed E-state index contributed by atoms with van der Waals surface area (Å²) in [5, 5.41) is 2.24. The quantitative estimate of drug-likeness (QED) is 0.584. The topological polar surface area (TPSA) is 97.3 Å². The van der Waals surface area contributed by atoms with Gasteiger partial charge >= 0.3 is 0 Å². The van der Waals surface area contributed by atoms with Gasteiger partial charge in [-0.2, -0.15) is 4.37 Å². The highest BCUT2D eigenvalue weighted by Crippen LogP contribution is 2.25. The van der Waals surface area contributed by atoms with Crippen LogP contribution in [-0.4, -0.2) is 29.4 Å². The number of nitrogens with one attached hydrogen (secondary N) is 1. The molecule has 0 atom stereocenters. The van der Waals surface area contributed by atoms with Crippen LogP contribution in [0.25, 0.3) is 0 Å². The van der Waals surface area contributed by atoms with Gasteiger partial charge in [0.25, 0.3) is 5.91 Å². The smallest absolute Gasteiger partial charge is 0.255 e. The van der Waals surface area contributed by atoms with Crippen molar-refractivity contribution < 1.29 is 4.79 Å². The van der Waals surface area contributed by atoms with E-state index in [0.717, 1.165) is 11.5 Å². The van der Waals surface area contributed by atoms with Crippen molar-refractivity contribution in [1.29, 1.82) is 0 Å². The molecule has 0 aromatic carbocycles. The van der Waals surface area contributed by atoms with Crippen LogP contribution in [0.15, 0.2) is 0 Å². The second kappa shape index (κ2) is 3.58. The van der Waals surface area contributed by atoms with Gasteiger partial charge in [-0.3, -0.25) is 4.79 Å². The van der Waals surface area contributed by atoms with Crippen molar-refractivity contribution in [3.63, 3.8) is 0 Å². The number of carbonyl (C=O) groups excluding carboxylic acids is 1. The van der Waals surface area contributed by atoms with E-state index in [9.17, 15) is 4.79 Å². The zero-order chi connectivity index (χ0) is 10.0. The Hall–Kier alpha value is -1.34. The van der Waals surface area contributed by atoms with Crippen molar-refractivity contribution in [3.8, 4) is 0 Å². The average molecular weight is 201 g/mol. The number of hydrazine groups is 1. The molecule has 1 amide bonds. The minimum absolute atomic E-state index is 0.168. The van der Waals surface area contributed by atoms with Crippen LogP contribution >= 0.6 is 11.5 Å². The number of anilines is 2. The molecule has 7 heteroatoms. The standard InChI is InChI=1S/C6H11N5OS/c1-11(2)9-6-3(5(8)12)4(7)10-13-6/h9H,1-2H3,(H2,7,10)(H2,8,12). The third-order valence-electron chi connectivity index (χ3n) is 1.29. The second-order valence-corrected chi connectivity index (χ2v) is 3.42. The van der Waals surface area contributed by atoms with E-state index in [2.05, 4.69) is 9.80 Å². The zero-order valence-electron chi connectivity index (χ0n) is 7.37. The maximum atomic E-state index is 10.9. The molecule has 0 aliphatic heterocycles. The monoisotopic (exact) mass is 201 g/mol. The van der Waals surface area contributed by atoms with Crippen LogP contribution in [0.5, 0.6) is 0 Å². The van der Waals surface area contributed by atoms with Crippen molar-refractivity contribution in [1.82, 2.24) is 9.38 Å². The Morgan fingerprint density at radius 2 is 2.23 bits per heavy atom. The number of hydrogen-bond donors (Lipinski definition) is 3. The van der Waals surface area contributed by atoms with Crippen molar-refractivity contribution in [3.05, 3.63) is 5.56 Å². The molecule has 0 bridgehead atoms. The van der Waals surface area contributed by atoms with Crippen LogP contribution < -0.4 is 16.9 Å². The lowest BCUT2D eigenvalue weighted by atomic mass is 10.3. The number of primary amides is 1. The summed E-state index contributed by atoms with van der Waals surface area (Å²) in [4.78, 5) is 10.9. The van der Waals surface area contributed by atoms with Gasteiger partial charge in [0.2, 0.25) is 0 Å². The minimum Gasteiger partial charge on any atom is -0.382 e. The van der Waals surface area contributed by atoms with Crippen LogP contribution in [0.4, 0.5) is 10.8 Å². The molecule has 13 heavy (non-hydrogen) atoms. The van der Waals surface area contributed by atoms with Gasteiger partial charge in [0.1, 0.15) is 10.6 Å². The minimum atomic E-state index is -0.574. The number of nitrogens with two attached hydrogens (primary N) is 2. The summed E-state index contributed by atoms with van der Waals surface area (Å²) in [7, 11) is 3.58. The zero-order valence-corrected chi connectivity index (χ0v) is 8.18. The largest absolute Gasteiger partial charge is 0.382 e. The first-order chi connectivity index (χ1) is 6.02. The summed E-state index contributed by atoms with van der Waals surface area (Å²) >= 11 is 1.10. The van der Waals surface area contributed by atoms with Crippen LogP contribution in [0, 0.1) is 0 Å². The van der Waals surface area contributed by atoms with Crippen molar-refractivity contribution in [2.75, 3.05) is 25.3 Å². The Kier molecular flexibility index (Phi) is 2.69. The maximum Gasteiger partial charge on any atom is 0.255 e. The SMILES string of the molecule is CN(C)Nc1snc(N)c1C(N)=O. The van der Waals surface area contributed by atoms with Gasteiger partial charge < -0.3 is 16.9 Å². The number of carbonyl (C=O) groups is 1. The fraction of sp³-hybridized carbons (Fsp3) is 0.333. The van der Waals surface area contributed by atoms with E-state index in [-0.39, 0.29) is 11.4 Å². The highest BCUT2D eigenvalue weighted by molar-refractivity contribution is 7.11. The van der Waals surface area contributed by atoms with E-state index >= 15 is 0 Å². The van der Waals surface area contributed by atoms with E-state index in [1.165, 1.54) is 0 Å². The fourth-order valence-electron chi connectivity index (χ4n) is 0.820. The molecule has 0 aliphatic carbocycles. The highest BCUT2D eigenvalue weighted by atomic mass is 32.1. The Morgan fingerprint density at radius 1 is 1.62 bits per heavy atom. The highest BCUT2D eigenvalue weighted by Gasteiger charge is 2.16. The van der Waals surface area contributed by atoms with Gasteiger partial charge in [-0.15, -0.1) is 0 Å². The van der Waals surface area contributed by atoms with Crippen molar-refractivity contribution in [2.24, 2.45) is 5.73 Å². The Bertz CT molecular complexity index is 321. The molecular weight excluding hydrogens is 190 g/mol. The summed E-state index contributed by atoms with van der Waals surface area (Å²) in [5.74, 6) is -0.405. The van der Waals surface area contributed by atoms with Crippen molar-refractivity contribution in [2.45, 2.75) is 0 Å². The first-order valence-corrected chi connectivity index (χ1v) is 4.28. The normalized spacial score (nSPS) is 10.4. The summed E-state index contributed by atoms with van der Waals surface area (Å²) in [6.45, 7) is 0. The molecule has 5 N–H and O–H groups in total. The first kappa shape index (κ1) is 9.75. The van der Waals surface area contributed by atoms with E-state index in [1.54, 1.807) is 19.1 Å². The van der Waals surface area contributed by atoms with Gasteiger partial charge in [-0.05, 0) is 11.5 Å². The van der Waals surface area contributed by atoms with Gasteiger partial charge in [0.05, 0.1) is 0 Å². The molecule has 6 nitrogen and oxygen atoms in total. The number of nitrogen functional groups attached to an aromatic ring is 1. The molecule has 0 fully saturated rings. The van der Waals surface area contributed by atoms with E-state index < -0.39 is 5.91 Å². The molecule has 0 aliphatic rings. The molecule has 0 saturated carbocycles. The summed E-state index contributed by atoms with van der Waals surface area (Å²) < 4.78 is 3.82. The van der Waals surface area contributed by atoms with Gasteiger partial charge in [-0.25, -0.2) is 5.01 Å². The van der Waals surface area contributed by atoms with E-state index in [1.807, 2.05) is 0 Å². The molecule has 1 aromatic rings. The molecule has 0 unspecified atom stereocenters. The first-order valence-electron chi connectivity index (χ1n) is 3.51. The predicted molar refractivity (Wildman–Crippen MR) is 52.4 cm³/mol. The van der Waals surface area contributed by atoms with Crippen LogP contribution in [-0.2, 0) is 0 Å². The summed E-state index contributed by atoms with van der Waals surface area (Å²) in [5.41, 5.74) is 13.7. The van der Waals surface area contributed by atoms with Crippen LogP contribution in [0.3, 0.4) is 0 Å². The number of amides is 1. The summed E-state index contributed by atoms with van der Waals surface area (Å²) in [6, 6.07) is 0. The fourth-order valence-corrected chi connectivity index (χ4v) is 1.62. The Morgan fingerprint density at radius 3 is 2.69 bits per heavy atom. The van der Waals surface area contributed by atoms with E-state index in [0.29, 0.717) is 5.00 Å². The molecule has 1 rings (SSSR count). The third-order valence-corrected chi connectivity index (χ3v) is 2.06. The van der Waals surface area contributed by atoms with Crippen LogP contribution in [0.2, 0.25) is 0 Å². The molecule has 0 spiro atoms. The average Bonchev–Trinajstić information content (AvgIpc) is 2.30. The maximum absolute atomic E-state index is 10.9. The molecule has 0 radical (unpaired) electrons. The predicted octanol–water partition coefficient (Wildman–Crippen LogP) is -0.287. The molecule has 0 saturated heterocycles. The van der Waals surface area contributed by atoms with Gasteiger partial charge in [0.15, 0.2) is 5.82 Å². The van der Waals surface area contributed by atoms with Crippen LogP contribution in [0.1, 0.15) is 10.4 Å². The lowest BCUT2D eigenvalue weighted by Gasteiger charge is -2.11. The second-order valence-electron chi connectivity index (χ2n) is 2.64. The lowest BCUT2D eigenvalue weighted by Crippen LogP contribution is -2.22. The molecule has 72 valence electrons. The van der Waals surface area contributed by atoms with Gasteiger partial charge in [0, 0.05) is 14.1 Å². The summed E-state index contributed by atoms with van der Waals surface area (Å²) in [6.07, 6.45) is 0.